The first-order valence-electron chi connectivity index (χ1n) is 9.92. The zero-order valence-corrected chi connectivity index (χ0v) is 17.1. The van der Waals surface area contributed by atoms with Gasteiger partial charge in [-0.15, -0.1) is 23.4 Å². The first-order chi connectivity index (χ1) is 14.6. The van der Waals surface area contributed by atoms with Crippen LogP contribution in [0.3, 0.4) is 0 Å². The lowest BCUT2D eigenvalue weighted by molar-refractivity contribution is -0.387. The van der Waals surface area contributed by atoms with Crippen molar-refractivity contribution in [2.24, 2.45) is 0 Å². The van der Waals surface area contributed by atoms with Crippen molar-refractivity contribution >= 4 is 17.5 Å². The second-order valence-electron chi connectivity index (χ2n) is 8.69. The summed E-state index contributed by atoms with van der Waals surface area (Å²) in [6, 6.07) is 6.70. The average Bonchev–Trinajstić information content (AvgIpc) is 3.09. The Morgan fingerprint density at radius 1 is 1.13 bits per heavy atom. The highest BCUT2D eigenvalue weighted by Gasteiger charge is 2.72. The zero-order valence-electron chi connectivity index (χ0n) is 16.3. The van der Waals surface area contributed by atoms with E-state index in [0.29, 0.717) is 42.3 Å². The van der Waals surface area contributed by atoms with Crippen LogP contribution in [0.5, 0.6) is 5.75 Å². The highest BCUT2D eigenvalue weighted by Crippen LogP contribution is 2.67. The van der Waals surface area contributed by atoms with Gasteiger partial charge in [-0.05, 0) is 62.8 Å². The van der Waals surface area contributed by atoms with Crippen LogP contribution in [-0.2, 0) is 20.5 Å². The molecule has 31 heavy (non-hydrogen) atoms. The van der Waals surface area contributed by atoms with Crippen molar-refractivity contribution in [3.63, 3.8) is 0 Å². The molecule has 2 bridgehead atoms. The van der Waals surface area contributed by atoms with E-state index in [4.69, 9.17) is 20.8 Å². The minimum Gasteiger partial charge on any atom is -0.484 e. The fourth-order valence-electron chi connectivity index (χ4n) is 4.86. The molecule has 0 atom stereocenters. The molecule has 11 heteroatoms. The van der Waals surface area contributed by atoms with Gasteiger partial charge in [-0.3, -0.25) is 9.53 Å². The summed E-state index contributed by atoms with van der Waals surface area (Å²) >= 11 is 5.81. The normalized spacial score (nSPS) is 28.1. The van der Waals surface area contributed by atoms with Crippen molar-refractivity contribution in [3.8, 4) is 5.75 Å². The third-order valence-corrected chi connectivity index (χ3v) is 6.61. The van der Waals surface area contributed by atoms with Crippen molar-refractivity contribution in [3.05, 3.63) is 41.1 Å². The van der Waals surface area contributed by atoms with Crippen LogP contribution < -0.4 is 10.1 Å². The summed E-state index contributed by atoms with van der Waals surface area (Å²) in [6.45, 7) is -0.127. The molecule has 1 aromatic heterocycles. The topological polar surface area (TPSA) is 86.5 Å². The van der Waals surface area contributed by atoms with E-state index in [-0.39, 0.29) is 36.8 Å². The molecule has 1 heterocycles. The molecule has 6 rings (SSSR count). The van der Waals surface area contributed by atoms with E-state index in [1.54, 1.807) is 24.3 Å². The minimum absolute atomic E-state index is 0.120. The molecule has 7 nitrogen and oxygen atoms in total. The van der Waals surface area contributed by atoms with Crippen LogP contribution in [0.4, 0.5) is 13.2 Å². The van der Waals surface area contributed by atoms with E-state index in [9.17, 15) is 18.0 Å². The Hall–Kier alpha value is -2.33. The number of alkyl halides is 3. The molecule has 4 aliphatic rings. The first-order valence-corrected chi connectivity index (χ1v) is 10.3. The number of carbonyl (C=O) groups excluding carboxylic acids is 1. The van der Waals surface area contributed by atoms with E-state index in [1.807, 2.05) is 0 Å². The van der Waals surface area contributed by atoms with Gasteiger partial charge in [0.2, 0.25) is 11.8 Å². The number of nitrogens with zero attached hydrogens (tertiary/aromatic N) is 2. The van der Waals surface area contributed by atoms with Crippen LogP contribution in [0.1, 0.15) is 50.3 Å². The Bertz CT molecular complexity index is 984. The van der Waals surface area contributed by atoms with Gasteiger partial charge in [-0.2, -0.15) is 0 Å². The summed E-state index contributed by atoms with van der Waals surface area (Å²) in [5.41, 5.74) is -2.32. The highest BCUT2D eigenvalue weighted by atomic mass is 35.5. The second kappa shape index (κ2) is 6.83. The Morgan fingerprint density at radius 3 is 2.35 bits per heavy atom. The summed E-state index contributed by atoms with van der Waals surface area (Å²) in [4.78, 5) is 12.2. The van der Waals surface area contributed by atoms with Crippen molar-refractivity contribution in [1.29, 1.82) is 0 Å². The van der Waals surface area contributed by atoms with Crippen molar-refractivity contribution in [1.82, 2.24) is 15.5 Å². The van der Waals surface area contributed by atoms with Gasteiger partial charge < -0.3 is 14.5 Å². The van der Waals surface area contributed by atoms with Crippen LogP contribution >= 0.6 is 11.6 Å². The van der Waals surface area contributed by atoms with E-state index in [2.05, 4.69) is 20.3 Å². The Labute approximate surface area is 180 Å². The largest absolute Gasteiger partial charge is 0.523 e. The molecule has 4 aliphatic carbocycles. The molecule has 1 N–H and O–H groups in total. The number of amides is 1. The Balaban J connectivity index is 1.16. The SMILES string of the molecule is O=C(COc1ccc(Cl)cc1)NC12CC(c3nnc(C4(OC(F)(F)F)CCC4)o3)(C1)C2. The smallest absolute Gasteiger partial charge is 0.484 e. The highest BCUT2D eigenvalue weighted by molar-refractivity contribution is 6.30. The summed E-state index contributed by atoms with van der Waals surface area (Å²) < 4.78 is 53.7. The van der Waals surface area contributed by atoms with Gasteiger partial charge >= 0.3 is 6.36 Å². The molecular formula is C20H19ClF3N3O4. The van der Waals surface area contributed by atoms with Gasteiger partial charge in [0.1, 0.15) is 5.75 Å². The van der Waals surface area contributed by atoms with Gasteiger partial charge in [0.25, 0.3) is 5.91 Å². The summed E-state index contributed by atoms with van der Waals surface area (Å²) in [7, 11) is 0. The van der Waals surface area contributed by atoms with Crippen LogP contribution in [0, 0.1) is 0 Å². The fourth-order valence-corrected chi connectivity index (χ4v) is 4.99. The number of carbonyl (C=O) groups is 1. The molecule has 0 saturated heterocycles. The molecule has 0 radical (unpaired) electrons. The molecule has 1 aromatic carbocycles. The van der Waals surface area contributed by atoms with Crippen LogP contribution in [0.25, 0.3) is 0 Å². The van der Waals surface area contributed by atoms with Gasteiger partial charge in [-0.1, -0.05) is 11.6 Å². The van der Waals surface area contributed by atoms with Gasteiger partial charge in [0.05, 0.1) is 5.41 Å². The molecule has 4 saturated carbocycles. The average molecular weight is 458 g/mol. The standard InChI is InChI=1S/C20H19ClF3N3O4/c21-12-2-4-13(5-3-12)29-8-14(28)25-18-9-17(10-18,11-18)15-26-27-16(30-15)19(6-1-7-19)31-20(22,23)24/h2-5H,1,6-11H2,(H,25,28). The summed E-state index contributed by atoms with van der Waals surface area (Å²) in [5, 5.41) is 11.4. The van der Waals surface area contributed by atoms with Crippen LogP contribution in [0.2, 0.25) is 5.02 Å². The molecule has 166 valence electrons. The zero-order chi connectivity index (χ0) is 21.9. The summed E-state index contributed by atoms with van der Waals surface area (Å²) in [5.74, 6) is 0.484. The number of nitrogens with one attached hydrogen (secondary N) is 1. The quantitative estimate of drug-likeness (QED) is 0.676. The lowest BCUT2D eigenvalue weighted by atomic mass is 9.39. The number of halogens is 4. The number of benzene rings is 1. The van der Waals surface area contributed by atoms with E-state index < -0.39 is 17.4 Å². The fraction of sp³-hybridized carbons (Fsp3) is 0.550. The van der Waals surface area contributed by atoms with E-state index in [1.165, 1.54) is 0 Å². The second-order valence-corrected chi connectivity index (χ2v) is 9.13. The molecule has 1 amide bonds. The van der Waals surface area contributed by atoms with Gasteiger partial charge in [0, 0.05) is 10.6 Å². The van der Waals surface area contributed by atoms with Crippen molar-refractivity contribution in [2.75, 3.05) is 6.61 Å². The predicted molar refractivity (Wildman–Crippen MR) is 100 cm³/mol. The number of hydrogen-bond donors (Lipinski definition) is 1. The Kier molecular flexibility index (Phi) is 4.53. The van der Waals surface area contributed by atoms with E-state index in [0.717, 1.165) is 0 Å². The van der Waals surface area contributed by atoms with Crippen molar-refractivity contribution < 1.29 is 31.9 Å². The molecular weight excluding hydrogens is 439 g/mol. The first kappa shape index (κ1) is 20.6. The van der Waals surface area contributed by atoms with E-state index >= 15 is 0 Å². The van der Waals surface area contributed by atoms with Gasteiger partial charge in [-0.25, -0.2) is 0 Å². The Morgan fingerprint density at radius 2 is 1.77 bits per heavy atom. The number of rotatable bonds is 7. The van der Waals surface area contributed by atoms with Crippen LogP contribution in [-0.4, -0.2) is 34.6 Å². The number of aromatic nitrogens is 2. The summed E-state index contributed by atoms with van der Waals surface area (Å²) in [6.07, 6.45) is -1.99. The van der Waals surface area contributed by atoms with Crippen LogP contribution in [0.15, 0.2) is 28.7 Å². The molecule has 0 aliphatic heterocycles. The molecule has 0 unspecified atom stereocenters. The number of hydrogen-bond acceptors (Lipinski definition) is 6. The molecule has 4 fully saturated rings. The lowest BCUT2D eigenvalue weighted by Gasteiger charge is -2.68. The maximum atomic E-state index is 12.8. The third-order valence-electron chi connectivity index (χ3n) is 6.36. The predicted octanol–water partition coefficient (Wildman–Crippen LogP) is 4.01. The lowest BCUT2D eigenvalue weighted by Crippen LogP contribution is -2.77. The maximum Gasteiger partial charge on any atom is 0.523 e. The maximum absolute atomic E-state index is 12.8. The van der Waals surface area contributed by atoms with Gasteiger partial charge in [0.15, 0.2) is 12.2 Å². The molecule has 2 aromatic rings. The third kappa shape index (κ3) is 3.65. The number of ether oxygens (including phenoxy) is 2. The molecule has 0 spiro atoms. The monoisotopic (exact) mass is 457 g/mol. The minimum atomic E-state index is -4.77. The van der Waals surface area contributed by atoms with Crippen molar-refractivity contribution in [2.45, 2.75) is 61.4 Å².